The third kappa shape index (κ3) is 8.00. The number of nitrogens with zero attached hydrogens (tertiary/aromatic N) is 3. The van der Waals surface area contributed by atoms with E-state index in [1.54, 1.807) is 42.5 Å². The third-order valence-corrected chi connectivity index (χ3v) is 8.00. The van der Waals surface area contributed by atoms with Crippen LogP contribution in [0.15, 0.2) is 91.0 Å². The monoisotopic (exact) mass is 588 g/mol. The Hall–Kier alpha value is -4.12. The number of aromatic nitrogens is 1. The predicted octanol–water partition coefficient (Wildman–Crippen LogP) is 4.96. The van der Waals surface area contributed by atoms with E-state index in [1.807, 2.05) is 48.5 Å². The van der Waals surface area contributed by atoms with Gasteiger partial charge < -0.3 is 10.4 Å². The number of aliphatic carboxylic acids is 1. The Balaban J connectivity index is 1.54. The van der Waals surface area contributed by atoms with Crippen LogP contribution < -0.4 is 9.62 Å². The standard InChI is InChI=1S/C32H36N4O5S/c1-3-35(4-2)22-24-16-14-23(15-17-24)20-28(32(38)39)34-31(37)21-29(26-11-6-5-7-12-26)36(42(40)41)30-19-18-25-10-8-9-13-27(25)33-30/h5-19,28-29H,3-4,20-22H2,1-2H3,(H,34,37)(H,38,39)(H,40,41). The molecule has 1 amide bonds. The summed E-state index contributed by atoms with van der Waals surface area (Å²) in [6.45, 7) is 6.90. The van der Waals surface area contributed by atoms with E-state index in [2.05, 4.69) is 29.0 Å². The van der Waals surface area contributed by atoms with E-state index in [1.165, 1.54) is 4.31 Å². The van der Waals surface area contributed by atoms with Gasteiger partial charge in [0.2, 0.25) is 5.91 Å². The van der Waals surface area contributed by atoms with Gasteiger partial charge in [-0.25, -0.2) is 18.3 Å². The first-order valence-corrected chi connectivity index (χ1v) is 15.0. The summed E-state index contributed by atoms with van der Waals surface area (Å²) in [5.41, 5.74) is 3.16. The molecule has 0 saturated carbocycles. The molecule has 3 unspecified atom stereocenters. The minimum absolute atomic E-state index is 0.102. The summed E-state index contributed by atoms with van der Waals surface area (Å²) in [5, 5.41) is 13.4. The molecular formula is C32H36N4O5S. The first-order chi connectivity index (χ1) is 20.3. The number of carboxylic acid groups (broad SMARTS) is 1. The molecule has 0 aliphatic carbocycles. The Labute approximate surface area is 248 Å². The van der Waals surface area contributed by atoms with Crippen molar-refractivity contribution < 1.29 is 23.5 Å². The normalized spacial score (nSPS) is 13.4. The number of rotatable bonds is 14. The number of carbonyl (C=O) groups excluding carboxylic acids is 1. The molecule has 0 spiro atoms. The van der Waals surface area contributed by atoms with Crippen LogP contribution >= 0.6 is 0 Å². The number of anilines is 1. The van der Waals surface area contributed by atoms with Crippen LogP contribution in [0.1, 0.15) is 43.0 Å². The summed E-state index contributed by atoms with van der Waals surface area (Å²) in [6, 6.07) is 25.4. The molecule has 1 heterocycles. The molecule has 3 atom stereocenters. The van der Waals surface area contributed by atoms with Crippen molar-refractivity contribution in [2.75, 3.05) is 17.4 Å². The van der Waals surface area contributed by atoms with Crippen LogP contribution in [0, 0.1) is 0 Å². The zero-order valence-electron chi connectivity index (χ0n) is 23.7. The topological polar surface area (TPSA) is 123 Å². The van der Waals surface area contributed by atoms with Gasteiger partial charge in [-0.1, -0.05) is 86.6 Å². The van der Waals surface area contributed by atoms with Gasteiger partial charge in [0.05, 0.1) is 18.0 Å². The maximum Gasteiger partial charge on any atom is 0.326 e. The van der Waals surface area contributed by atoms with Crippen LogP contribution in [0.5, 0.6) is 0 Å². The first-order valence-electron chi connectivity index (χ1n) is 13.9. The lowest BCUT2D eigenvalue weighted by Gasteiger charge is -2.29. The van der Waals surface area contributed by atoms with Crippen LogP contribution in [-0.4, -0.2) is 54.8 Å². The molecule has 3 aromatic carbocycles. The van der Waals surface area contributed by atoms with Gasteiger partial charge in [0.15, 0.2) is 0 Å². The Bertz CT molecular complexity index is 1510. The minimum atomic E-state index is -2.53. The first kappa shape index (κ1) is 30.8. The van der Waals surface area contributed by atoms with E-state index in [9.17, 15) is 23.5 Å². The van der Waals surface area contributed by atoms with Crippen molar-refractivity contribution in [2.45, 2.75) is 45.3 Å². The van der Waals surface area contributed by atoms with E-state index in [4.69, 9.17) is 0 Å². The second-order valence-corrected chi connectivity index (χ2v) is 10.8. The van der Waals surface area contributed by atoms with Crippen molar-refractivity contribution in [2.24, 2.45) is 0 Å². The van der Waals surface area contributed by atoms with Crippen molar-refractivity contribution >= 4 is 39.9 Å². The van der Waals surface area contributed by atoms with Gasteiger partial charge in [0, 0.05) is 18.4 Å². The SMILES string of the molecule is CCN(CC)Cc1ccc(CC(NC(=O)CC(c2ccccc2)N(c2ccc3ccccc3n2)S(=O)O)C(=O)O)cc1. The summed E-state index contributed by atoms with van der Waals surface area (Å²) >= 11 is -2.53. The molecule has 4 aromatic rings. The van der Waals surface area contributed by atoms with Gasteiger partial charge in [0.25, 0.3) is 11.3 Å². The lowest BCUT2D eigenvalue weighted by atomic mass is 10.0. The van der Waals surface area contributed by atoms with E-state index in [0.717, 1.165) is 36.1 Å². The maximum absolute atomic E-state index is 13.3. The molecule has 3 N–H and O–H groups in total. The largest absolute Gasteiger partial charge is 0.480 e. The van der Waals surface area contributed by atoms with Gasteiger partial charge >= 0.3 is 5.97 Å². The zero-order valence-corrected chi connectivity index (χ0v) is 24.5. The Morgan fingerprint density at radius 1 is 0.881 bits per heavy atom. The van der Waals surface area contributed by atoms with Gasteiger partial charge in [-0.05, 0) is 48.0 Å². The summed E-state index contributed by atoms with van der Waals surface area (Å²) in [4.78, 5) is 32.3. The average Bonchev–Trinajstić information content (AvgIpc) is 3.00. The summed E-state index contributed by atoms with van der Waals surface area (Å²) < 4.78 is 24.3. The number of hydrogen-bond acceptors (Lipinski definition) is 5. The van der Waals surface area contributed by atoms with Crippen LogP contribution in [0.3, 0.4) is 0 Å². The van der Waals surface area contributed by atoms with Crippen molar-refractivity contribution in [3.05, 3.63) is 108 Å². The fraction of sp³-hybridized carbons (Fsp3) is 0.281. The fourth-order valence-electron chi connectivity index (χ4n) is 4.89. The van der Waals surface area contributed by atoms with E-state index in [0.29, 0.717) is 11.1 Å². The highest BCUT2D eigenvalue weighted by Gasteiger charge is 2.30. The number of nitrogens with one attached hydrogen (secondary N) is 1. The minimum Gasteiger partial charge on any atom is -0.480 e. The van der Waals surface area contributed by atoms with Crippen molar-refractivity contribution in [1.82, 2.24) is 15.2 Å². The number of hydrogen-bond donors (Lipinski definition) is 3. The molecule has 0 aliphatic heterocycles. The molecule has 1 aromatic heterocycles. The third-order valence-electron chi connectivity index (χ3n) is 7.22. The zero-order chi connectivity index (χ0) is 30.1. The van der Waals surface area contributed by atoms with Crippen LogP contribution in [-0.2, 0) is 33.8 Å². The van der Waals surface area contributed by atoms with Crippen molar-refractivity contribution in [3.8, 4) is 0 Å². The summed E-state index contributed by atoms with van der Waals surface area (Å²) in [5.74, 6) is -1.51. The number of pyridine rings is 1. The number of carbonyl (C=O) groups is 2. The van der Waals surface area contributed by atoms with Crippen molar-refractivity contribution in [3.63, 3.8) is 0 Å². The van der Waals surface area contributed by atoms with Gasteiger partial charge in [-0.3, -0.25) is 14.2 Å². The van der Waals surface area contributed by atoms with E-state index in [-0.39, 0.29) is 18.7 Å². The molecule has 0 radical (unpaired) electrons. The lowest BCUT2D eigenvalue weighted by molar-refractivity contribution is -0.141. The number of para-hydroxylation sites is 1. The number of benzene rings is 3. The highest BCUT2D eigenvalue weighted by atomic mass is 32.2. The molecule has 9 nitrogen and oxygen atoms in total. The Kier molecular flexibility index (Phi) is 10.8. The van der Waals surface area contributed by atoms with Crippen LogP contribution in [0.4, 0.5) is 5.82 Å². The molecular weight excluding hydrogens is 552 g/mol. The number of carboxylic acids is 1. The van der Waals surface area contributed by atoms with Gasteiger partial charge in [-0.2, -0.15) is 0 Å². The van der Waals surface area contributed by atoms with Gasteiger partial charge in [0.1, 0.15) is 11.9 Å². The smallest absolute Gasteiger partial charge is 0.326 e. The summed E-state index contributed by atoms with van der Waals surface area (Å²) in [7, 11) is 0. The highest BCUT2D eigenvalue weighted by Crippen LogP contribution is 2.31. The predicted molar refractivity (Wildman–Crippen MR) is 165 cm³/mol. The molecule has 0 aliphatic rings. The van der Waals surface area contributed by atoms with E-state index < -0.39 is 35.2 Å². The lowest BCUT2D eigenvalue weighted by Crippen LogP contribution is -2.44. The molecule has 0 bridgehead atoms. The van der Waals surface area contributed by atoms with Crippen molar-refractivity contribution in [1.29, 1.82) is 0 Å². The fourth-order valence-corrected chi connectivity index (χ4v) is 5.56. The molecule has 4 rings (SSSR count). The Morgan fingerprint density at radius 3 is 2.17 bits per heavy atom. The summed E-state index contributed by atoms with van der Waals surface area (Å²) in [6.07, 6.45) is -0.165. The second-order valence-electron chi connectivity index (χ2n) is 9.99. The van der Waals surface area contributed by atoms with Gasteiger partial charge in [-0.15, -0.1) is 0 Å². The highest BCUT2D eigenvalue weighted by molar-refractivity contribution is 7.80. The molecule has 220 valence electrons. The number of fused-ring (bicyclic) bond motifs is 1. The molecule has 0 fully saturated rings. The van der Waals surface area contributed by atoms with Crippen LogP contribution in [0.2, 0.25) is 0 Å². The average molecular weight is 589 g/mol. The molecule has 10 heteroatoms. The van der Waals surface area contributed by atoms with E-state index >= 15 is 0 Å². The van der Waals surface area contributed by atoms with Crippen LogP contribution in [0.25, 0.3) is 10.9 Å². The molecule has 42 heavy (non-hydrogen) atoms. The maximum atomic E-state index is 13.3. The second kappa shape index (κ2) is 14.7. The quantitative estimate of drug-likeness (QED) is 0.178. The molecule has 0 saturated heterocycles. The number of amides is 1. The Morgan fingerprint density at radius 2 is 1.52 bits per heavy atom.